The van der Waals surface area contributed by atoms with Crippen LogP contribution in [0.15, 0.2) is 59.5 Å². The van der Waals surface area contributed by atoms with Crippen molar-refractivity contribution < 1.29 is 18.0 Å². The zero-order chi connectivity index (χ0) is 15.3. The van der Waals surface area contributed by atoms with Crippen molar-refractivity contribution in [2.75, 3.05) is 0 Å². The second-order valence-electron chi connectivity index (χ2n) is 3.97. The molecular formula is C14H10N2O4S. The second kappa shape index (κ2) is 6.29. The molecule has 7 heteroatoms. The SMILES string of the molecule is O=[C]c1ccccc1C(=O)N[N]S(=O)(=O)c1ccccc1. The van der Waals surface area contributed by atoms with Gasteiger partial charge in [-0.2, -0.15) is 0 Å². The quantitative estimate of drug-likeness (QED) is 0.826. The lowest BCUT2D eigenvalue weighted by molar-refractivity contribution is 0.0943. The van der Waals surface area contributed by atoms with Crippen molar-refractivity contribution in [1.82, 2.24) is 10.3 Å². The van der Waals surface area contributed by atoms with Gasteiger partial charge in [0.1, 0.15) is 0 Å². The van der Waals surface area contributed by atoms with Gasteiger partial charge in [0.15, 0.2) is 0 Å². The highest BCUT2D eigenvalue weighted by Gasteiger charge is 2.18. The summed E-state index contributed by atoms with van der Waals surface area (Å²) < 4.78 is 23.7. The van der Waals surface area contributed by atoms with Crippen LogP contribution in [0.5, 0.6) is 0 Å². The Kier molecular flexibility index (Phi) is 4.46. The molecule has 2 aromatic carbocycles. The molecule has 1 N–H and O–H groups in total. The molecule has 2 rings (SSSR count). The van der Waals surface area contributed by atoms with Gasteiger partial charge in [-0.3, -0.25) is 15.0 Å². The first-order valence-corrected chi connectivity index (χ1v) is 7.28. The Balaban J connectivity index is 2.13. The van der Waals surface area contributed by atoms with Gasteiger partial charge in [-0.25, -0.2) is 8.42 Å². The van der Waals surface area contributed by atoms with E-state index in [0.717, 1.165) is 0 Å². The fraction of sp³-hybridized carbons (Fsp3) is 0. The number of benzene rings is 2. The van der Waals surface area contributed by atoms with Crippen molar-refractivity contribution in [1.29, 1.82) is 0 Å². The number of hydrogen-bond donors (Lipinski definition) is 1. The van der Waals surface area contributed by atoms with E-state index in [-0.39, 0.29) is 16.0 Å². The number of carbonyl (C=O) groups excluding carboxylic acids is 2. The third-order valence-electron chi connectivity index (χ3n) is 2.59. The predicted molar refractivity (Wildman–Crippen MR) is 74.5 cm³/mol. The number of rotatable bonds is 5. The fourth-order valence-electron chi connectivity index (χ4n) is 1.58. The van der Waals surface area contributed by atoms with Crippen molar-refractivity contribution in [2.45, 2.75) is 4.90 Å². The van der Waals surface area contributed by atoms with E-state index in [9.17, 15) is 18.0 Å². The lowest BCUT2D eigenvalue weighted by atomic mass is 10.1. The van der Waals surface area contributed by atoms with Gasteiger partial charge in [-0.1, -0.05) is 36.4 Å². The number of carbonyl (C=O) groups is 1. The first-order valence-electron chi connectivity index (χ1n) is 5.84. The molecule has 0 fully saturated rings. The van der Waals surface area contributed by atoms with Crippen LogP contribution in [0.25, 0.3) is 0 Å². The van der Waals surface area contributed by atoms with Crippen LogP contribution < -0.4 is 10.3 Å². The summed E-state index contributed by atoms with van der Waals surface area (Å²) in [6, 6.07) is 13.3. The molecule has 2 aromatic rings. The van der Waals surface area contributed by atoms with E-state index in [0.29, 0.717) is 0 Å². The van der Waals surface area contributed by atoms with Crippen molar-refractivity contribution in [3.63, 3.8) is 0 Å². The molecule has 0 bridgehead atoms. The predicted octanol–water partition coefficient (Wildman–Crippen LogP) is 0.782. The zero-order valence-electron chi connectivity index (χ0n) is 10.7. The molecule has 0 saturated heterocycles. The Morgan fingerprint density at radius 1 is 1.00 bits per heavy atom. The highest BCUT2D eigenvalue weighted by atomic mass is 32.2. The van der Waals surface area contributed by atoms with Crippen LogP contribution in [0.4, 0.5) is 0 Å². The number of hydrogen-bond acceptors (Lipinski definition) is 4. The maximum Gasteiger partial charge on any atom is 0.276 e. The Morgan fingerprint density at radius 3 is 2.29 bits per heavy atom. The normalized spacial score (nSPS) is 10.9. The Labute approximate surface area is 121 Å². The smallest absolute Gasteiger partial charge is 0.276 e. The average Bonchev–Trinajstić information content (AvgIpc) is 2.53. The van der Waals surface area contributed by atoms with E-state index in [1.807, 2.05) is 5.43 Å². The maximum absolute atomic E-state index is 11.9. The summed E-state index contributed by atoms with van der Waals surface area (Å²) in [5.41, 5.74) is 1.96. The van der Waals surface area contributed by atoms with Gasteiger partial charge in [0.2, 0.25) is 6.29 Å². The molecule has 0 aliphatic carbocycles. The minimum Gasteiger partial charge on any atom is -0.285 e. The monoisotopic (exact) mass is 302 g/mol. The van der Waals surface area contributed by atoms with Crippen molar-refractivity contribution >= 4 is 22.2 Å². The lowest BCUT2D eigenvalue weighted by Crippen LogP contribution is -2.36. The second-order valence-corrected chi connectivity index (χ2v) is 5.57. The van der Waals surface area contributed by atoms with Gasteiger partial charge in [0, 0.05) is 5.56 Å². The molecule has 0 aromatic heterocycles. The zero-order valence-corrected chi connectivity index (χ0v) is 11.5. The number of amides is 1. The summed E-state index contributed by atoms with van der Waals surface area (Å²) in [7, 11) is -3.99. The van der Waals surface area contributed by atoms with Gasteiger partial charge in [0.25, 0.3) is 15.9 Å². The molecule has 0 atom stereocenters. The topological polar surface area (TPSA) is 94.4 Å². The van der Waals surface area contributed by atoms with Crippen molar-refractivity contribution in [3.8, 4) is 0 Å². The van der Waals surface area contributed by atoms with Crippen LogP contribution >= 0.6 is 0 Å². The minimum absolute atomic E-state index is 0.000452. The van der Waals surface area contributed by atoms with Gasteiger partial charge < -0.3 is 0 Å². The summed E-state index contributed by atoms with van der Waals surface area (Å²) >= 11 is 0. The molecule has 0 aliphatic heterocycles. The van der Waals surface area contributed by atoms with E-state index >= 15 is 0 Å². The molecule has 106 valence electrons. The summed E-state index contributed by atoms with van der Waals surface area (Å²) in [5.74, 6) is -0.798. The molecule has 2 radical (unpaired) electrons. The molecule has 0 unspecified atom stereocenters. The van der Waals surface area contributed by atoms with E-state index in [2.05, 4.69) is 4.83 Å². The van der Waals surface area contributed by atoms with Crippen molar-refractivity contribution in [2.24, 2.45) is 0 Å². The molecule has 6 nitrogen and oxygen atoms in total. The van der Waals surface area contributed by atoms with Crippen LogP contribution in [-0.4, -0.2) is 20.6 Å². The number of nitrogens with one attached hydrogen (secondary N) is 1. The highest BCUT2D eigenvalue weighted by Crippen LogP contribution is 2.08. The summed E-state index contributed by atoms with van der Waals surface area (Å²) in [4.78, 5) is 25.7. The summed E-state index contributed by atoms with van der Waals surface area (Å²) in [6.45, 7) is 0. The Bertz CT molecular complexity index is 758. The van der Waals surface area contributed by atoms with Gasteiger partial charge in [-0.15, -0.1) is 0 Å². The van der Waals surface area contributed by atoms with Crippen LogP contribution in [0.1, 0.15) is 15.9 Å². The summed E-state index contributed by atoms with van der Waals surface area (Å²) in [5, 5.41) is 0. The van der Waals surface area contributed by atoms with E-state index < -0.39 is 15.9 Å². The van der Waals surface area contributed by atoms with Crippen LogP contribution in [0, 0.1) is 0 Å². The lowest BCUT2D eigenvalue weighted by Gasteiger charge is -2.06. The fourth-order valence-corrected chi connectivity index (χ4v) is 2.39. The van der Waals surface area contributed by atoms with E-state index in [1.165, 1.54) is 24.3 Å². The summed E-state index contributed by atoms with van der Waals surface area (Å²) in [6.07, 6.45) is 1.60. The highest BCUT2D eigenvalue weighted by molar-refractivity contribution is 7.89. The molecular weight excluding hydrogens is 292 g/mol. The molecule has 0 spiro atoms. The average molecular weight is 302 g/mol. The third kappa shape index (κ3) is 3.53. The van der Waals surface area contributed by atoms with Crippen LogP contribution in [-0.2, 0) is 14.8 Å². The Morgan fingerprint density at radius 2 is 1.62 bits per heavy atom. The third-order valence-corrected chi connectivity index (χ3v) is 3.79. The van der Waals surface area contributed by atoms with Gasteiger partial charge in [-0.05, 0) is 23.0 Å². The first kappa shape index (κ1) is 14.9. The van der Waals surface area contributed by atoms with Gasteiger partial charge >= 0.3 is 0 Å². The Hall–Kier alpha value is -2.51. The van der Waals surface area contributed by atoms with E-state index in [4.69, 9.17) is 0 Å². The number of sulfonamides is 1. The van der Waals surface area contributed by atoms with E-state index in [1.54, 1.807) is 36.6 Å². The molecule has 0 heterocycles. The standard InChI is InChI=1S/C14H10N2O4S/c17-10-11-6-4-5-9-13(11)14(18)15-16-21(19,20)12-7-2-1-3-8-12/h1-9H,(H,15,18). The largest absolute Gasteiger partial charge is 0.285 e. The first-order chi connectivity index (χ1) is 10.0. The van der Waals surface area contributed by atoms with Crippen LogP contribution in [0.2, 0.25) is 0 Å². The molecule has 21 heavy (non-hydrogen) atoms. The minimum atomic E-state index is -3.99. The van der Waals surface area contributed by atoms with Crippen molar-refractivity contribution in [3.05, 3.63) is 65.7 Å². The van der Waals surface area contributed by atoms with Gasteiger partial charge in [0.05, 0.1) is 10.5 Å². The van der Waals surface area contributed by atoms with Crippen LogP contribution in [0.3, 0.4) is 0 Å². The number of nitrogens with zero attached hydrogens (tertiary/aromatic N) is 1. The maximum atomic E-state index is 11.9. The molecule has 0 aliphatic rings. The molecule has 1 amide bonds. The molecule has 0 saturated carbocycles.